The van der Waals surface area contributed by atoms with Crippen LogP contribution in [0, 0.1) is 11.3 Å². The Balaban J connectivity index is 0.000000568. The maximum atomic E-state index is 9.26. The van der Waals surface area contributed by atoms with E-state index in [4.69, 9.17) is 29.3 Å². The Bertz CT molecular complexity index is 805. The van der Waals surface area contributed by atoms with Gasteiger partial charge in [-0.15, -0.1) is 0 Å². The molecule has 0 saturated heterocycles. The maximum absolute atomic E-state index is 9.26. The molecule has 8 nitrogen and oxygen atoms in total. The SMILES string of the molecule is CNCC[C@@H](Oc1cc(OC)ccc1C#N)c1ccccc1.O=C(O)C(=O)O. The molecule has 2 rings (SSSR count). The summed E-state index contributed by atoms with van der Waals surface area (Å²) in [7, 11) is 3.51. The van der Waals surface area contributed by atoms with Crippen molar-refractivity contribution in [3.63, 3.8) is 0 Å². The number of rotatable bonds is 7. The molecule has 0 aromatic heterocycles. The van der Waals surface area contributed by atoms with E-state index in [1.807, 2.05) is 37.4 Å². The van der Waals surface area contributed by atoms with Gasteiger partial charge >= 0.3 is 11.9 Å². The zero-order valence-corrected chi connectivity index (χ0v) is 15.6. The van der Waals surface area contributed by atoms with E-state index < -0.39 is 11.9 Å². The van der Waals surface area contributed by atoms with Crippen LogP contribution in [0.25, 0.3) is 0 Å². The molecule has 0 bridgehead atoms. The topological polar surface area (TPSA) is 129 Å². The molecule has 28 heavy (non-hydrogen) atoms. The van der Waals surface area contributed by atoms with Crippen molar-refractivity contribution in [1.29, 1.82) is 5.26 Å². The van der Waals surface area contributed by atoms with Crippen molar-refractivity contribution in [2.45, 2.75) is 12.5 Å². The number of nitrogens with zero attached hydrogens (tertiary/aromatic N) is 1. The Morgan fingerprint density at radius 2 is 1.79 bits per heavy atom. The second-order valence-corrected chi connectivity index (χ2v) is 5.49. The fourth-order valence-electron chi connectivity index (χ4n) is 2.21. The first-order chi connectivity index (χ1) is 13.4. The van der Waals surface area contributed by atoms with Crippen LogP contribution >= 0.6 is 0 Å². The van der Waals surface area contributed by atoms with Crippen molar-refractivity contribution in [2.75, 3.05) is 20.7 Å². The number of carboxylic acids is 2. The first kappa shape index (κ1) is 22.5. The predicted octanol–water partition coefficient (Wildman–Crippen LogP) is 2.45. The molecule has 3 N–H and O–H groups in total. The van der Waals surface area contributed by atoms with Crippen LogP contribution in [-0.2, 0) is 9.59 Å². The lowest BCUT2D eigenvalue weighted by atomic mass is 10.1. The molecule has 0 aliphatic heterocycles. The number of methoxy groups -OCH3 is 1. The summed E-state index contributed by atoms with van der Waals surface area (Å²) in [6.45, 7) is 0.825. The lowest BCUT2D eigenvalue weighted by Gasteiger charge is -2.20. The summed E-state index contributed by atoms with van der Waals surface area (Å²) < 4.78 is 11.3. The smallest absolute Gasteiger partial charge is 0.414 e. The van der Waals surface area contributed by atoms with Crippen molar-refractivity contribution < 1.29 is 29.3 Å². The van der Waals surface area contributed by atoms with Gasteiger partial charge in [-0.2, -0.15) is 5.26 Å². The highest BCUT2D eigenvalue weighted by Gasteiger charge is 2.15. The number of aliphatic carboxylic acids is 2. The number of benzene rings is 2. The molecular formula is C20H22N2O6. The third-order valence-electron chi connectivity index (χ3n) is 3.59. The molecule has 0 spiro atoms. The van der Waals surface area contributed by atoms with E-state index in [9.17, 15) is 5.26 Å². The molecule has 2 aromatic rings. The summed E-state index contributed by atoms with van der Waals surface area (Å²) in [6.07, 6.45) is 0.690. The minimum absolute atomic E-state index is 0.118. The summed E-state index contributed by atoms with van der Waals surface area (Å²) in [5.41, 5.74) is 1.59. The molecule has 1 atom stereocenters. The molecule has 0 fully saturated rings. The Hall–Kier alpha value is -3.57. The fourth-order valence-corrected chi connectivity index (χ4v) is 2.21. The summed E-state index contributed by atoms with van der Waals surface area (Å²) in [5.74, 6) is -2.42. The molecule has 0 saturated carbocycles. The molecule has 0 aliphatic rings. The highest BCUT2D eigenvalue weighted by molar-refractivity contribution is 6.27. The van der Waals surface area contributed by atoms with E-state index in [1.165, 1.54) is 0 Å². The average molecular weight is 386 g/mol. The number of ether oxygens (including phenoxy) is 2. The van der Waals surface area contributed by atoms with Crippen LogP contribution in [0.3, 0.4) is 0 Å². The Morgan fingerprint density at radius 1 is 1.14 bits per heavy atom. The van der Waals surface area contributed by atoms with E-state index >= 15 is 0 Å². The second-order valence-electron chi connectivity index (χ2n) is 5.49. The highest BCUT2D eigenvalue weighted by Crippen LogP contribution is 2.30. The number of carboxylic acid groups (broad SMARTS) is 2. The van der Waals surface area contributed by atoms with E-state index in [2.05, 4.69) is 11.4 Å². The molecule has 0 aliphatic carbocycles. The molecule has 2 aromatic carbocycles. The number of nitrogens with one attached hydrogen (secondary N) is 1. The molecular weight excluding hydrogens is 364 g/mol. The van der Waals surface area contributed by atoms with Gasteiger partial charge < -0.3 is 25.0 Å². The van der Waals surface area contributed by atoms with Gasteiger partial charge in [0.25, 0.3) is 0 Å². The second kappa shape index (κ2) is 11.9. The van der Waals surface area contributed by atoms with E-state index in [1.54, 1.807) is 25.3 Å². The van der Waals surface area contributed by atoms with Crippen molar-refractivity contribution in [2.24, 2.45) is 0 Å². The summed E-state index contributed by atoms with van der Waals surface area (Å²) in [6, 6.07) is 17.4. The van der Waals surface area contributed by atoms with E-state index in [-0.39, 0.29) is 6.10 Å². The molecule has 0 heterocycles. The third kappa shape index (κ3) is 7.35. The van der Waals surface area contributed by atoms with Crippen molar-refractivity contribution in [3.05, 3.63) is 59.7 Å². The number of hydrogen-bond acceptors (Lipinski definition) is 6. The third-order valence-corrected chi connectivity index (χ3v) is 3.59. The maximum Gasteiger partial charge on any atom is 0.414 e. The zero-order valence-electron chi connectivity index (χ0n) is 15.6. The number of carbonyl (C=O) groups is 2. The van der Waals surface area contributed by atoms with Gasteiger partial charge in [0, 0.05) is 12.5 Å². The van der Waals surface area contributed by atoms with Crippen LogP contribution in [0.1, 0.15) is 23.7 Å². The lowest BCUT2D eigenvalue weighted by Crippen LogP contribution is -2.16. The minimum atomic E-state index is -1.82. The molecule has 0 amide bonds. The summed E-state index contributed by atoms with van der Waals surface area (Å²) in [4.78, 5) is 18.2. The Morgan fingerprint density at radius 3 is 2.29 bits per heavy atom. The van der Waals surface area contributed by atoms with Crippen LogP contribution < -0.4 is 14.8 Å². The molecule has 148 valence electrons. The van der Waals surface area contributed by atoms with Crippen molar-refractivity contribution in [1.82, 2.24) is 5.32 Å². The van der Waals surface area contributed by atoms with Crippen LogP contribution in [0.5, 0.6) is 11.5 Å². The Kier molecular flexibility index (Phi) is 9.58. The van der Waals surface area contributed by atoms with Gasteiger partial charge in [0.05, 0.1) is 12.7 Å². The van der Waals surface area contributed by atoms with Gasteiger partial charge in [0.1, 0.15) is 23.7 Å². The molecule has 8 heteroatoms. The first-order valence-corrected chi connectivity index (χ1v) is 8.33. The van der Waals surface area contributed by atoms with Gasteiger partial charge in [-0.25, -0.2) is 9.59 Å². The predicted molar refractivity (Wildman–Crippen MR) is 101 cm³/mol. The van der Waals surface area contributed by atoms with Gasteiger partial charge in [-0.1, -0.05) is 30.3 Å². The van der Waals surface area contributed by atoms with E-state index in [0.29, 0.717) is 17.1 Å². The summed E-state index contributed by atoms with van der Waals surface area (Å²) in [5, 5.41) is 27.2. The van der Waals surface area contributed by atoms with Crippen LogP contribution in [0.2, 0.25) is 0 Å². The zero-order chi connectivity index (χ0) is 20.9. The van der Waals surface area contributed by atoms with Gasteiger partial charge in [-0.05, 0) is 31.3 Å². The monoisotopic (exact) mass is 386 g/mol. The van der Waals surface area contributed by atoms with Crippen LogP contribution in [-0.4, -0.2) is 42.9 Å². The van der Waals surface area contributed by atoms with E-state index in [0.717, 1.165) is 18.5 Å². The quantitative estimate of drug-likeness (QED) is 0.619. The van der Waals surface area contributed by atoms with Gasteiger partial charge in [0.15, 0.2) is 0 Å². The van der Waals surface area contributed by atoms with Gasteiger partial charge in [0.2, 0.25) is 0 Å². The first-order valence-electron chi connectivity index (χ1n) is 8.33. The largest absolute Gasteiger partial charge is 0.497 e. The van der Waals surface area contributed by atoms with Crippen LogP contribution in [0.4, 0.5) is 0 Å². The van der Waals surface area contributed by atoms with Crippen molar-refractivity contribution >= 4 is 11.9 Å². The average Bonchev–Trinajstić information content (AvgIpc) is 2.71. The molecule has 0 radical (unpaired) electrons. The summed E-state index contributed by atoms with van der Waals surface area (Å²) >= 11 is 0. The Labute approximate surface area is 162 Å². The number of hydrogen-bond donors (Lipinski definition) is 3. The van der Waals surface area contributed by atoms with Gasteiger partial charge in [-0.3, -0.25) is 0 Å². The fraction of sp³-hybridized carbons (Fsp3) is 0.250. The highest BCUT2D eigenvalue weighted by atomic mass is 16.5. The lowest BCUT2D eigenvalue weighted by molar-refractivity contribution is -0.159. The van der Waals surface area contributed by atoms with Crippen molar-refractivity contribution in [3.8, 4) is 17.6 Å². The standard InChI is InChI=1S/C18H20N2O2.C2H2O4/c1-20-11-10-17(14-6-4-3-5-7-14)22-18-12-16(21-2)9-8-15(18)13-19;3-1(4)2(5)6/h3-9,12,17,20H,10-11H2,1-2H3;(H,3,4)(H,5,6)/t17-;/m1./s1. The normalized spacial score (nSPS) is 10.6. The molecule has 0 unspecified atom stereocenters. The minimum Gasteiger partial charge on any atom is -0.497 e. The van der Waals surface area contributed by atoms with Crippen LogP contribution in [0.15, 0.2) is 48.5 Å². The number of nitriles is 1.